The summed E-state index contributed by atoms with van der Waals surface area (Å²) in [6.45, 7) is 3.59. The molecule has 0 saturated heterocycles. The predicted octanol–water partition coefficient (Wildman–Crippen LogP) is 1.26. The maximum absolute atomic E-state index is 13.6. The number of carbonyl (C=O) groups excluding carboxylic acids is 1. The van der Waals surface area contributed by atoms with E-state index in [1.807, 2.05) is 0 Å². The Morgan fingerprint density at radius 1 is 1.37 bits per heavy atom. The van der Waals surface area contributed by atoms with Crippen LogP contribution in [0.5, 0.6) is 0 Å². The summed E-state index contributed by atoms with van der Waals surface area (Å²) in [6.07, 6.45) is 2.08. The highest BCUT2D eigenvalue weighted by molar-refractivity contribution is 5.80. The van der Waals surface area contributed by atoms with E-state index in [4.69, 9.17) is 0 Å². The number of rotatable bonds is 5. The molecule has 0 aromatic heterocycles. The second kappa shape index (κ2) is 5.65. The first-order valence-corrected chi connectivity index (χ1v) is 6.57. The van der Waals surface area contributed by atoms with Gasteiger partial charge < -0.3 is 10.6 Å². The zero-order chi connectivity index (χ0) is 14.0. The Morgan fingerprint density at radius 2 is 2.05 bits per heavy atom. The Balaban J connectivity index is 1.95. The summed E-state index contributed by atoms with van der Waals surface area (Å²) >= 11 is 0. The average molecular weight is 269 g/mol. The number of benzene rings is 1. The third kappa shape index (κ3) is 3.73. The van der Waals surface area contributed by atoms with Crippen LogP contribution in [0.1, 0.15) is 38.3 Å². The summed E-state index contributed by atoms with van der Waals surface area (Å²) < 4.78 is 26.4. The maximum atomic E-state index is 13.6. The van der Waals surface area contributed by atoms with Gasteiger partial charge in [0.15, 0.2) is 6.04 Å². The quantitative estimate of drug-likeness (QED) is 0.830. The smallest absolute Gasteiger partial charge is 0.278 e. The largest absolute Gasteiger partial charge is 0.348 e. The monoisotopic (exact) mass is 269 g/mol. The summed E-state index contributed by atoms with van der Waals surface area (Å²) in [7, 11) is 0. The van der Waals surface area contributed by atoms with Gasteiger partial charge in [0.1, 0.15) is 17.7 Å². The summed E-state index contributed by atoms with van der Waals surface area (Å²) in [6, 6.07) is 3.32. The van der Waals surface area contributed by atoms with Crippen LogP contribution in [-0.2, 0) is 4.79 Å². The first kappa shape index (κ1) is 13.9. The van der Waals surface area contributed by atoms with Crippen molar-refractivity contribution < 1.29 is 18.9 Å². The van der Waals surface area contributed by atoms with Crippen molar-refractivity contribution in [1.29, 1.82) is 0 Å². The third-order valence-electron chi connectivity index (χ3n) is 3.37. The molecule has 19 heavy (non-hydrogen) atoms. The lowest BCUT2D eigenvalue weighted by Gasteiger charge is -2.17. The van der Waals surface area contributed by atoms with E-state index in [0.717, 1.165) is 18.9 Å². The molecule has 0 bridgehead atoms. The van der Waals surface area contributed by atoms with Gasteiger partial charge in [0.2, 0.25) is 0 Å². The van der Waals surface area contributed by atoms with Gasteiger partial charge in [0, 0.05) is 17.7 Å². The highest BCUT2D eigenvalue weighted by Gasteiger charge is 2.28. The van der Waals surface area contributed by atoms with Crippen LogP contribution in [0.2, 0.25) is 0 Å². The molecule has 5 heteroatoms. The van der Waals surface area contributed by atoms with Crippen LogP contribution >= 0.6 is 0 Å². The number of nitrogens with two attached hydrogens (primary N) is 1. The van der Waals surface area contributed by atoms with E-state index in [0.29, 0.717) is 11.6 Å². The Bertz CT molecular complexity index is 475. The fourth-order valence-electron chi connectivity index (χ4n) is 2.06. The number of hydrogen-bond acceptors (Lipinski definition) is 1. The molecule has 2 atom stereocenters. The molecular weight excluding hydrogens is 250 g/mol. The van der Waals surface area contributed by atoms with Gasteiger partial charge in [-0.25, -0.2) is 8.78 Å². The summed E-state index contributed by atoms with van der Waals surface area (Å²) in [5.74, 6) is -1.19. The maximum Gasteiger partial charge on any atom is 0.278 e. The molecule has 0 aliphatic heterocycles. The van der Waals surface area contributed by atoms with Crippen molar-refractivity contribution in [2.24, 2.45) is 0 Å². The number of quaternary nitrogens is 1. The Morgan fingerprint density at radius 3 is 2.63 bits per heavy atom. The van der Waals surface area contributed by atoms with Crippen molar-refractivity contribution >= 4 is 5.91 Å². The molecule has 1 fully saturated rings. The lowest BCUT2D eigenvalue weighted by molar-refractivity contribution is -0.710. The molecule has 0 spiro atoms. The molecule has 1 aromatic carbocycles. The van der Waals surface area contributed by atoms with Gasteiger partial charge in [-0.05, 0) is 38.8 Å². The second-order valence-electron chi connectivity index (χ2n) is 5.22. The van der Waals surface area contributed by atoms with E-state index in [1.54, 1.807) is 19.2 Å². The van der Waals surface area contributed by atoms with Gasteiger partial charge in [-0.2, -0.15) is 0 Å². The highest BCUT2D eigenvalue weighted by Crippen LogP contribution is 2.18. The molecule has 2 rings (SSSR count). The first-order chi connectivity index (χ1) is 8.97. The molecule has 3 nitrogen and oxygen atoms in total. The molecule has 1 saturated carbocycles. The molecule has 1 aromatic rings. The van der Waals surface area contributed by atoms with Gasteiger partial charge in [0.05, 0.1) is 0 Å². The molecule has 1 aliphatic carbocycles. The topological polar surface area (TPSA) is 45.7 Å². The van der Waals surface area contributed by atoms with E-state index in [2.05, 4.69) is 5.32 Å². The first-order valence-electron chi connectivity index (χ1n) is 6.57. The molecule has 1 aliphatic rings. The number of halogens is 2. The number of amides is 1. The van der Waals surface area contributed by atoms with Crippen molar-refractivity contribution in [2.45, 2.75) is 44.8 Å². The van der Waals surface area contributed by atoms with E-state index in [1.165, 1.54) is 12.1 Å². The van der Waals surface area contributed by atoms with E-state index < -0.39 is 11.6 Å². The van der Waals surface area contributed by atoms with Gasteiger partial charge >= 0.3 is 0 Å². The Hall–Kier alpha value is -1.49. The zero-order valence-electron chi connectivity index (χ0n) is 11.1. The minimum atomic E-state index is -0.590. The molecule has 104 valence electrons. The summed E-state index contributed by atoms with van der Waals surface area (Å²) in [5, 5.41) is 4.70. The van der Waals surface area contributed by atoms with Crippen LogP contribution in [0.4, 0.5) is 8.78 Å². The van der Waals surface area contributed by atoms with Gasteiger partial charge in [0.25, 0.3) is 5.91 Å². The molecule has 0 unspecified atom stereocenters. The normalized spacial score (nSPS) is 17.9. The Kier molecular flexibility index (Phi) is 4.14. The van der Waals surface area contributed by atoms with Crippen LogP contribution in [-0.4, -0.2) is 18.0 Å². The van der Waals surface area contributed by atoms with Crippen LogP contribution < -0.4 is 10.6 Å². The van der Waals surface area contributed by atoms with Crippen LogP contribution in [0.25, 0.3) is 0 Å². The lowest BCUT2D eigenvalue weighted by atomic mass is 10.1. The molecular formula is C14H19F2N2O+. The summed E-state index contributed by atoms with van der Waals surface area (Å²) in [5.41, 5.74) is 0.410. The van der Waals surface area contributed by atoms with Crippen LogP contribution in [0.3, 0.4) is 0 Å². The summed E-state index contributed by atoms with van der Waals surface area (Å²) in [4.78, 5) is 11.8. The lowest BCUT2D eigenvalue weighted by Crippen LogP contribution is -2.92. The standard InChI is InChI=1S/C14H18F2N2O/c1-8(12-6-3-10(15)7-13(12)16)17-9(2)14(19)18-11-4-5-11/h3,6-9,11,17H,4-5H2,1-2H3,(H,18,19)/p+1/t8-,9-/m1/s1. The fourth-order valence-corrected chi connectivity index (χ4v) is 2.06. The van der Waals surface area contributed by atoms with Crippen molar-refractivity contribution in [3.05, 3.63) is 35.4 Å². The van der Waals surface area contributed by atoms with Crippen molar-refractivity contribution in [3.63, 3.8) is 0 Å². The Labute approximate surface area is 111 Å². The SMILES string of the molecule is C[C@@H]([NH2+][C@H](C)c1ccc(F)cc1F)C(=O)NC1CC1. The minimum Gasteiger partial charge on any atom is -0.348 e. The third-order valence-corrected chi connectivity index (χ3v) is 3.37. The second-order valence-corrected chi connectivity index (χ2v) is 5.22. The number of carbonyl (C=O) groups is 1. The van der Waals surface area contributed by atoms with Crippen molar-refractivity contribution in [1.82, 2.24) is 5.32 Å². The van der Waals surface area contributed by atoms with Gasteiger partial charge in [-0.1, -0.05) is 0 Å². The molecule has 0 radical (unpaired) electrons. The van der Waals surface area contributed by atoms with Gasteiger partial charge in [-0.3, -0.25) is 4.79 Å². The highest BCUT2D eigenvalue weighted by atomic mass is 19.1. The minimum absolute atomic E-state index is 0.0307. The van der Waals surface area contributed by atoms with Gasteiger partial charge in [-0.15, -0.1) is 0 Å². The number of nitrogens with one attached hydrogen (secondary N) is 1. The average Bonchev–Trinajstić information content (AvgIpc) is 3.12. The van der Waals surface area contributed by atoms with Crippen LogP contribution in [0.15, 0.2) is 18.2 Å². The van der Waals surface area contributed by atoms with Crippen LogP contribution in [0, 0.1) is 11.6 Å². The van der Waals surface area contributed by atoms with E-state index >= 15 is 0 Å². The van der Waals surface area contributed by atoms with Crippen molar-refractivity contribution in [2.75, 3.05) is 0 Å². The van der Waals surface area contributed by atoms with Crippen molar-refractivity contribution in [3.8, 4) is 0 Å². The fraction of sp³-hybridized carbons (Fsp3) is 0.500. The predicted molar refractivity (Wildman–Crippen MR) is 67.3 cm³/mol. The number of hydrogen-bond donors (Lipinski definition) is 2. The van der Waals surface area contributed by atoms with E-state index in [-0.39, 0.29) is 18.0 Å². The zero-order valence-corrected chi connectivity index (χ0v) is 11.1. The molecule has 3 N–H and O–H groups in total. The molecule has 0 heterocycles. The molecule has 1 amide bonds. The van der Waals surface area contributed by atoms with E-state index in [9.17, 15) is 13.6 Å².